The maximum atomic E-state index is 4.08. The van der Waals surface area contributed by atoms with E-state index in [1.54, 1.807) is 0 Å². The van der Waals surface area contributed by atoms with Crippen molar-refractivity contribution in [2.24, 2.45) is 0 Å². The highest BCUT2D eigenvalue weighted by Gasteiger charge is 2.15. The van der Waals surface area contributed by atoms with Gasteiger partial charge in [0, 0.05) is 24.6 Å². The second-order valence-electron chi connectivity index (χ2n) is 4.21. The lowest BCUT2D eigenvalue weighted by molar-refractivity contribution is 0.597. The molecule has 1 aliphatic rings. The van der Waals surface area contributed by atoms with E-state index in [0.29, 0.717) is 0 Å². The van der Waals surface area contributed by atoms with Crippen LogP contribution in [0.25, 0.3) is 0 Å². The van der Waals surface area contributed by atoms with Crippen LogP contribution in [0, 0.1) is 0 Å². The van der Waals surface area contributed by atoms with E-state index < -0.39 is 0 Å². The third-order valence-corrected chi connectivity index (χ3v) is 3.10. The largest absolute Gasteiger partial charge is 0.353 e. The van der Waals surface area contributed by atoms with E-state index >= 15 is 0 Å². The first-order valence-electron chi connectivity index (χ1n) is 5.72. The van der Waals surface area contributed by atoms with Crippen LogP contribution in [0.2, 0.25) is 0 Å². The zero-order valence-electron chi connectivity index (χ0n) is 9.21. The van der Waals surface area contributed by atoms with Gasteiger partial charge in [0.25, 0.3) is 0 Å². The Morgan fingerprint density at radius 3 is 3.06 bits per heavy atom. The molecule has 1 aromatic heterocycles. The van der Waals surface area contributed by atoms with Gasteiger partial charge in [0.1, 0.15) is 0 Å². The predicted molar refractivity (Wildman–Crippen MR) is 64.3 cm³/mol. The fourth-order valence-corrected chi connectivity index (χ4v) is 2.33. The molecule has 0 unspecified atom stereocenters. The van der Waals surface area contributed by atoms with Crippen molar-refractivity contribution in [3.8, 4) is 0 Å². The molecule has 0 atom stereocenters. The van der Waals surface area contributed by atoms with Crippen LogP contribution in [0.3, 0.4) is 0 Å². The summed E-state index contributed by atoms with van der Waals surface area (Å²) in [6, 6.07) is 8.69. The summed E-state index contributed by atoms with van der Waals surface area (Å²) in [5.74, 6) is 0. The summed E-state index contributed by atoms with van der Waals surface area (Å²) < 4.78 is 2.11. The van der Waals surface area contributed by atoms with Crippen LogP contribution in [-0.2, 0) is 13.1 Å². The molecule has 1 aromatic carbocycles. The van der Waals surface area contributed by atoms with Crippen molar-refractivity contribution in [2.45, 2.75) is 19.5 Å². The van der Waals surface area contributed by atoms with Crippen LogP contribution in [0.1, 0.15) is 12.0 Å². The molecule has 0 aliphatic carbocycles. The molecule has 0 saturated heterocycles. The van der Waals surface area contributed by atoms with E-state index in [0.717, 1.165) is 13.2 Å². The highest BCUT2D eigenvalue weighted by molar-refractivity contribution is 5.54. The lowest BCUT2D eigenvalue weighted by Gasteiger charge is -2.31. The minimum Gasteiger partial charge on any atom is -0.353 e. The van der Waals surface area contributed by atoms with Crippen molar-refractivity contribution in [2.75, 3.05) is 11.4 Å². The Hall–Kier alpha value is -1.77. The average Bonchev–Trinajstić information content (AvgIpc) is 2.82. The van der Waals surface area contributed by atoms with Crippen LogP contribution in [-0.4, -0.2) is 16.1 Å². The monoisotopic (exact) mass is 213 g/mol. The number of rotatable bonds is 2. The molecule has 0 fully saturated rings. The molecule has 2 heterocycles. The van der Waals surface area contributed by atoms with Crippen molar-refractivity contribution >= 4 is 5.69 Å². The second kappa shape index (κ2) is 4.00. The maximum absolute atomic E-state index is 4.08. The van der Waals surface area contributed by atoms with Gasteiger partial charge in [0.2, 0.25) is 0 Å². The first-order valence-corrected chi connectivity index (χ1v) is 5.72. The molecule has 0 saturated carbocycles. The summed E-state index contributed by atoms with van der Waals surface area (Å²) >= 11 is 0. The number of para-hydroxylation sites is 1. The first kappa shape index (κ1) is 9.46. The van der Waals surface area contributed by atoms with Gasteiger partial charge in [-0.2, -0.15) is 0 Å². The third kappa shape index (κ3) is 1.69. The summed E-state index contributed by atoms with van der Waals surface area (Å²) in [4.78, 5) is 6.50. The predicted octanol–water partition coefficient (Wildman–Crippen LogP) is 2.29. The Balaban J connectivity index is 1.87. The van der Waals surface area contributed by atoms with E-state index in [1.165, 1.54) is 24.1 Å². The molecule has 0 bridgehead atoms. The van der Waals surface area contributed by atoms with Crippen molar-refractivity contribution in [3.05, 3.63) is 48.5 Å². The van der Waals surface area contributed by atoms with E-state index in [4.69, 9.17) is 0 Å². The molecule has 3 heteroatoms. The standard InChI is InChI=1S/C13H15N3/c1-2-6-13-12(4-1)5-3-8-16(13)11-15-9-7-14-10-15/h1-2,4,6-7,9-10H,3,5,8,11H2. The SMILES string of the molecule is c1ccc2c(c1)CCCN2Cn1ccnc1. The number of hydrogen-bond donors (Lipinski definition) is 0. The molecule has 3 nitrogen and oxygen atoms in total. The summed E-state index contributed by atoms with van der Waals surface area (Å²) in [5, 5.41) is 0. The fourth-order valence-electron chi connectivity index (χ4n) is 2.33. The molecule has 0 radical (unpaired) electrons. The summed E-state index contributed by atoms with van der Waals surface area (Å²) in [6.07, 6.45) is 8.16. The molecule has 0 amide bonds. The van der Waals surface area contributed by atoms with Crippen molar-refractivity contribution in [3.63, 3.8) is 0 Å². The van der Waals surface area contributed by atoms with Crippen LogP contribution < -0.4 is 4.90 Å². The second-order valence-corrected chi connectivity index (χ2v) is 4.21. The average molecular weight is 213 g/mol. The third-order valence-electron chi connectivity index (χ3n) is 3.10. The molecular formula is C13H15N3. The maximum Gasteiger partial charge on any atom is 0.0960 e. The Bertz CT molecular complexity index is 462. The van der Waals surface area contributed by atoms with Gasteiger partial charge in [-0.25, -0.2) is 4.98 Å². The topological polar surface area (TPSA) is 21.1 Å². The molecule has 16 heavy (non-hydrogen) atoms. The highest BCUT2D eigenvalue weighted by atomic mass is 15.3. The number of aryl methyl sites for hydroxylation is 1. The van der Waals surface area contributed by atoms with Crippen molar-refractivity contribution < 1.29 is 0 Å². The Morgan fingerprint density at radius 1 is 1.25 bits per heavy atom. The van der Waals surface area contributed by atoms with Crippen LogP contribution in [0.5, 0.6) is 0 Å². The Labute approximate surface area is 95.3 Å². The first-order chi connectivity index (χ1) is 7.93. The minimum absolute atomic E-state index is 0.900. The van der Waals surface area contributed by atoms with Crippen molar-refractivity contribution in [1.29, 1.82) is 0 Å². The number of benzene rings is 1. The summed E-state index contributed by atoms with van der Waals surface area (Å²) in [6.45, 7) is 2.03. The smallest absolute Gasteiger partial charge is 0.0960 e. The van der Waals surface area contributed by atoms with E-state index in [1.807, 2.05) is 18.7 Å². The van der Waals surface area contributed by atoms with Gasteiger partial charge in [-0.1, -0.05) is 18.2 Å². The Kier molecular flexibility index (Phi) is 2.37. The van der Waals surface area contributed by atoms with Gasteiger partial charge in [-0.15, -0.1) is 0 Å². The van der Waals surface area contributed by atoms with E-state index in [9.17, 15) is 0 Å². The quantitative estimate of drug-likeness (QED) is 0.763. The lowest BCUT2D eigenvalue weighted by atomic mass is 10.0. The van der Waals surface area contributed by atoms with Crippen LogP contribution in [0.15, 0.2) is 43.0 Å². The molecule has 1 aliphatic heterocycles. The van der Waals surface area contributed by atoms with Crippen molar-refractivity contribution in [1.82, 2.24) is 9.55 Å². The van der Waals surface area contributed by atoms with Gasteiger partial charge in [0.05, 0.1) is 13.0 Å². The summed E-state index contributed by atoms with van der Waals surface area (Å²) in [7, 11) is 0. The van der Waals surface area contributed by atoms with Gasteiger partial charge < -0.3 is 9.47 Å². The number of anilines is 1. The van der Waals surface area contributed by atoms with E-state index in [2.05, 4.69) is 38.7 Å². The molecule has 3 rings (SSSR count). The Morgan fingerprint density at radius 2 is 2.19 bits per heavy atom. The van der Waals surface area contributed by atoms with Gasteiger partial charge in [-0.3, -0.25) is 0 Å². The lowest BCUT2D eigenvalue weighted by Crippen LogP contribution is -2.30. The molecule has 0 N–H and O–H groups in total. The number of hydrogen-bond acceptors (Lipinski definition) is 2. The number of fused-ring (bicyclic) bond motifs is 1. The highest BCUT2D eigenvalue weighted by Crippen LogP contribution is 2.26. The minimum atomic E-state index is 0.900. The van der Waals surface area contributed by atoms with E-state index in [-0.39, 0.29) is 0 Å². The van der Waals surface area contributed by atoms with Crippen LogP contribution >= 0.6 is 0 Å². The zero-order chi connectivity index (χ0) is 10.8. The van der Waals surface area contributed by atoms with Gasteiger partial charge in [0.15, 0.2) is 0 Å². The van der Waals surface area contributed by atoms with Gasteiger partial charge >= 0.3 is 0 Å². The van der Waals surface area contributed by atoms with Crippen LogP contribution in [0.4, 0.5) is 5.69 Å². The number of imidazole rings is 1. The molecule has 82 valence electrons. The normalized spacial score (nSPS) is 14.9. The fraction of sp³-hybridized carbons (Fsp3) is 0.308. The van der Waals surface area contributed by atoms with Gasteiger partial charge in [-0.05, 0) is 24.5 Å². The zero-order valence-corrected chi connectivity index (χ0v) is 9.21. The number of aromatic nitrogens is 2. The molecular weight excluding hydrogens is 198 g/mol. The summed E-state index contributed by atoms with van der Waals surface area (Å²) in [5.41, 5.74) is 2.84. The molecule has 2 aromatic rings. The number of nitrogens with zero attached hydrogens (tertiary/aromatic N) is 3. The molecule has 0 spiro atoms.